The van der Waals surface area contributed by atoms with Gasteiger partial charge in [0, 0.05) is 6.61 Å². The fourth-order valence-corrected chi connectivity index (χ4v) is 2.60. The summed E-state index contributed by atoms with van der Waals surface area (Å²) >= 11 is 0. The van der Waals surface area contributed by atoms with Crippen LogP contribution >= 0.6 is 0 Å². The van der Waals surface area contributed by atoms with E-state index in [1.165, 1.54) is 27.5 Å². The average molecular weight is 306 g/mol. The Balaban J connectivity index is 1.79. The predicted molar refractivity (Wildman–Crippen MR) is 96.1 cm³/mol. The molecule has 0 radical (unpaired) electrons. The summed E-state index contributed by atoms with van der Waals surface area (Å²) in [5.41, 5.74) is 3.76. The largest absolute Gasteiger partial charge is 0.491 e. The van der Waals surface area contributed by atoms with E-state index in [1.54, 1.807) is 0 Å². The normalized spacial score (nSPS) is 10.9. The lowest BCUT2D eigenvalue weighted by molar-refractivity contribution is 0.110. The van der Waals surface area contributed by atoms with E-state index in [1.807, 2.05) is 13.0 Å². The zero-order valence-electron chi connectivity index (χ0n) is 13.7. The van der Waals surface area contributed by atoms with Crippen molar-refractivity contribution in [2.24, 2.45) is 0 Å². The quantitative estimate of drug-likeness (QED) is 0.580. The van der Waals surface area contributed by atoms with Crippen molar-refractivity contribution in [3.05, 3.63) is 66.2 Å². The van der Waals surface area contributed by atoms with Crippen LogP contribution in [0, 0.1) is 6.92 Å². The molecule has 0 fully saturated rings. The molecule has 0 aliphatic rings. The van der Waals surface area contributed by atoms with Crippen molar-refractivity contribution >= 4 is 10.8 Å². The first-order valence-corrected chi connectivity index (χ1v) is 8.07. The molecule has 0 spiro atoms. The van der Waals surface area contributed by atoms with Crippen LogP contribution in [0.3, 0.4) is 0 Å². The molecule has 0 atom stereocenters. The average Bonchev–Trinajstić information content (AvgIpc) is 2.59. The Morgan fingerprint density at radius 1 is 0.739 bits per heavy atom. The fraction of sp³-hybridized carbons (Fsp3) is 0.238. The Kier molecular flexibility index (Phi) is 4.94. The number of hydrogen-bond acceptors (Lipinski definition) is 2. The first-order valence-electron chi connectivity index (χ1n) is 8.07. The van der Waals surface area contributed by atoms with Gasteiger partial charge in [0.15, 0.2) is 0 Å². The summed E-state index contributed by atoms with van der Waals surface area (Å²) in [6.45, 7) is 6.03. The number of ether oxygens (including phenoxy) is 2. The highest BCUT2D eigenvalue weighted by atomic mass is 16.5. The Morgan fingerprint density at radius 2 is 1.43 bits per heavy atom. The lowest BCUT2D eigenvalue weighted by atomic mass is 10.0. The molecule has 0 aliphatic heterocycles. The monoisotopic (exact) mass is 306 g/mol. The molecule has 118 valence electrons. The number of fused-ring (bicyclic) bond motifs is 1. The molecule has 3 rings (SSSR count). The number of rotatable bonds is 6. The van der Waals surface area contributed by atoms with Crippen molar-refractivity contribution in [1.82, 2.24) is 0 Å². The third-order valence-electron chi connectivity index (χ3n) is 3.90. The maximum atomic E-state index is 5.72. The third kappa shape index (κ3) is 3.91. The minimum absolute atomic E-state index is 0.584. The predicted octanol–water partition coefficient (Wildman–Crippen LogP) is 5.23. The Hall–Kier alpha value is -2.32. The van der Waals surface area contributed by atoms with Gasteiger partial charge in [0.05, 0.1) is 6.61 Å². The van der Waals surface area contributed by atoms with Gasteiger partial charge in [-0.05, 0) is 53.9 Å². The lowest BCUT2D eigenvalue weighted by Crippen LogP contribution is -2.06. The van der Waals surface area contributed by atoms with Crippen molar-refractivity contribution in [3.63, 3.8) is 0 Å². The summed E-state index contributed by atoms with van der Waals surface area (Å²) in [5, 5.41) is 2.41. The van der Waals surface area contributed by atoms with E-state index in [0.717, 1.165) is 12.4 Å². The summed E-state index contributed by atoms with van der Waals surface area (Å²) in [4.78, 5) is 0. The van der Waals surface area contributed by atoms with Crippen LogP contribution in [0.15, 0.2) is 60.7 Å². The molecule has 2 heteroatoms. The SMILES string of the molecule is CCOCCOc1ccc2cc(-c3ccc(C)cc3)ccc2c1. The van der Waals surface area contributed by atoms with Crippen LogP contribution in [0.1, 0.15) is 12.5 Å². The molecule has 3 aromatic rings. The van der Waals surface area contributed by atoms with Crippen LogP contribution in [0.25, 0.3) is 21.9 Å². The lowest BCUT2D eigenvalue weighted by Gasteiger charge is -2.09. The first kappa shape index (κ1) is 15.6. The molecule has 0 unspecified atom stereocenters. The second-order valence-electron chi connectivity index (χ2n) is 5.64. The molecule has 2 nitrogen and oxygen atoms in total. The van der Waals surface area contributed by atoms with E-state index in [4.69, 9.17) is 9.47 Å². The van der Waals surface area contributed by atoms with Crippen LogP contribution in [-0.2, 0) is 4.74 Å². The summed E-state index contributed by atoms with van der Waals surface area (Å²) in [5.74, 6) is 0.889. The van der Waals surface area contributed by atoms with Crippen molar-refractivity contribution in [1.29, 1.82) is 0 Å². The van der Waals surface area contributed by atoms with Gasteiger partial charge in [-0.1, -0.05) is 48.0 Å². The molecule has 0 amide bonds. The van der Waals surface area contributed by atoms with Crippen LogP contribution in [0.4, 0.5) is 0 Å². The smallest absolute Gasteiger partial charge is 0.120 e. The Morgan fingerprint density at radius 3 is 2.22 bits per heavy atom. The van der Waals surface area contributed by atoms with E-state index in [-0.39, 0.29) is 0 Å². The molecule has 23 heavy (non-hydrogen) atoms. The van der Waals surface area contributed by atoms with Crippen LogP contribution < -0.4 is 4.74 Å². The molecule has 0 bridgehead atoms. The van der Waals surface area contributed by atoms with E-state index in [0.29, 0.717) is 13.2 Å². The van der Waals surface area contributed by atoms with Crippen LogP contribution in [-0.4, -0.2) is 19.8 Å². The van der Waals surface area contributed by atoms with E-state index in [2.05, 4.69) is 61.5 Å². The zero-order chi connectivity index (χ0) is 16.1. The van der Waals surface area contributed by atoms with Gasteiger partial charge < -0.3 is 9.47 Å². The Bertz CT molecular complexity index is 775. The van der Waals surface area contributed by atoms with E-state index in [9.17, 15) is 0 Å². The molecular weight excluding hydrogens is 284 g/mol. The summed E-state index contributed by atoms with van der Waals surface area (Å²) in [6.07, 6.45) is 0. The maximum absolute atomic E-state index is 5.72. The second-order valence-corrected chi connectivity index (χ2v) is 5.64. The standard InChI is InChI=1S/C21H22O2/c1-3-22-12-13-23-21-11-10-19-14-18(8-9-20(19)15-21)17-6-4-16(2)5-7-17/h4-11,14-15H,3,12-13H2,1-2H3. The summed E-state index contributed by atoms with van der Waals surface area (Å²) in [6, 6.07) is 21.4. The third-order valence-corrected chi connectivity index (χ3v) is 3.90. The summed E-state index contributed by atoms with van der Waals surface area (Å²) in [7, 11) is 0. The molecule has 0 saturated carbocycles. The van der Waals surface area contributed by atoms with E-state index < -0.39 is 0 Å². The van der Waals surface area contributed by atoms with Gasteiger partial charge in [-0.2, -0.15) is 0 Å². The highest BCUT2D eigenvalue weighted by molar-refractivity contribution is 5.88. The van der Waals surface area contributed by atoms with Gasteiger partial charge in [-0.15, -0.1) is 0 Å². The molecule has 3 aromatic carbocycles. The maximum Gasteiger partial charge on any atom is 0.120 e. The molecule has 0 heterocycles. The highest BCUT2D eigenvalue weighted by Crippen LogP contribution is 2.27. The molecule has 0 saturated heterocycles. The topological polar surface area (TPSA) is 18.5 Å². The molecular formula is C21H22O2. The molecule has 0 aliphatic carbocycles. The number of benzene rings is 3. The van der Waals surface area contributed by atoms with Crippen molar-refractivity contribution in [3.8, 4) is 16.9 Å². The van der Waals surface area contributed by atoms with E-state index >= 15 is 0 Å². The summed E-state index contributed by atoms with van der Waals surface area (Å²) < 4.78 is 11.0. The van der Waals surface area contributed by atoms with Gasteiger partial charge in [-0.25, -0.2) is 0 Å². The number of aryl methyl sites for hydroxylation is 1. The van der Waals surface area contributed by atoms with Gasteiger partial charge in [-0.3, -0.25) is 0 Å². The van der Waals surface area contributed by atoms with Gasteiger partial charge in [0.2, 0.25) is 0 Å². The minimum Gasteiger partial charge on any atom is -0.491 e. The van der Waals surface area contributed by atoms with Crippen LogP contribution in [0.2, 0.25) is 0 Å². The fourth-order valence-electron chi connectivity index (χ4n) is 2.60. The Labute approximate surface area is 137 Å². The van der Waals surface area contributed by atoms with Gasteiger partial charge in [0.1, 0.15) is 12.4 Å². The second kappa shape index (κ2) is 7.30. The van der Waals surface area contributed by atoms with Crippen molar-refractivity contribution in [2.75, 3.05) is 19.8 Å². The highest BCUT2D eigenvalue weighted by Gasteiger charge is 2.02. The zero-order valence-corrected chi connectivity index (χ0v) is 13.7. The number of hydrogen-bond donors (Lipinski definition) is 0. The molecule has 0 N–H and O–H groups in total. The van der Waals surface area contributed by atoms with Crippen LogP contribution in [0.5, 0.6) is 5.75 Å². The minimum atomic E-state index is 0.584. The van der Waals surface area contributed by atoms with Crippen molar-refractivity contribution in [2.45, 2.75) is 13.8 Å². The van der Waals surface area contributed by atoms with Gasteiger partial charge in [0.25, 0.3) is 0 Å². The molecule has 0 aromatic heterocycles. The first-order chi connectivity index (χ1) is 11.3. The van der Waals surface area contributed by atoms with Gasteiger partial charge >= 0.3 is 0 Å². The van der Waals surface area contributed by atoms with Crippen molar-refractivity contribution < 1.29 is 9.47 Å².